The van der Waals surface area contributed by atoms with Gasteiger partial charge in [0.15, 0.2) is 0 Å². The van der Waals surface area contributed by atoms with Crippen LogP contribution in [0.5, 0.6) is 0 Å². The summed E-state index contributed by atoms with van der Waals surface area (Å²) in [4.78, 5) is 6.60. The van der Waals surface area contributed by atoms with Gasteiger partial charge in [-0.15, -0.1) is 6.58 Å². The molecule has 2 N–H and O–H groups in total. The van der Waals surface area contributed by atoms with Crippen LogP contribution in [0, 0.1) is 6.92 Å². The van der Waals surface area contributed by atoms with Crippen molar-refractivity contribution in [2.45, 2.75) is 20.4 Å². The first-order chi connectivity index (χ1) is 8.72. The van der Waals surface area contributed by atoms with E-state index in [1.807, 2.05) is 24.0 Å². The zero-order chi connectivity index (χ0) is 13.4. The highest BCUT2D eigenvalue weighted by Gasteiger charge is 2.07. The number of pyridine rings is 1. The lowest BCUT2D eigenvalue weighted by Crippen LogP contribution is -2.28. The van der Waals surface area contributed by atoms with Gasteiger partial charge in [-0.05, 0) is 25.1 Å². The van der Waals surface area contributed by atoms with Crippen molar-refractivity contribution in [3.05, 3.63) is 36.0 Å². The predicted molar refractivity (Wildman–Crippen MR) is 75.9 cm³/mol. The minimum absolute atomic E-state index is 0.119. The molecule has 0 radical (unpaired) electrons. The molecule has 4 nitrogen and oxygen atoms in total. The number of rotatable bonds is 8. The molecule has 0 atom stereocenters. The van der Waals surface area contributed by atoms with E-state index >= 15 is 0 Å². The lowest BCUT2D eigenvalue weighted by atomic mass is 10.2. The summed E-state index contributed by atoms with van der Waals surface area (Å²) in [7, 11) is 0. The SMILES string of the molecule is C=CCN(CCO)c1ccc(CNCC)c(C)n1. The number of aromatic nitrogens is 1. The number of hydrogen-bond acceptors (Lipinski definition) is 4. The Hall–Kier alpha value is -1.39. The fourth-order valence-electron chi connectivity index (χ4n) is 1.78. The van der Waals surface area contributed by atoms with Gasteiger partial charge < -0.3 is 15.3 Å². The molecular formula is C14H23N3O. The molecule has 1 aromatic heterocycles. The Bertz CT molecular complexity index is 379. The van der Waals surface area contributed by atoms with Crippen LogP contribution in [0.3, 0.4) is 0 Å². The molecule has 0 amide bonds. The Balaban J connectivity index is 2.83. The molecule has 1 aromatic rings. The van der Waals surface area contributed by atoms with Crippen LogP contribution in [0.1, 0.15) is 18.2 Å². The first kappa shape index (κ1) is 14.7. The zero-order valence-corrected chi connectivity index (χ0v) is 11.3. The van der Waals surface area contributed by atoms with Crippen molar-refractivity contribution in [3.8, 4) is 0 Å². The Morgan fingerprint density at radius 3 is 2.83 bits per heavy atom. The Labute approximate surface area is 109 Å². The molecule has 0 unspecified atom stereocenters. The summed E-state index contributed by atoms with van der Waals surface area (Å²) in [6, 6.07) is 4.09. The maximum atomic E-state index is 9.05. The van der Waals surface area contributed by atoms with E-state index in [1.54, 1.807) is 0 Å². The number of aryl methyl sites for hydroxylation is 1. The van der Waals surface area contributed by atoms with Crippen molar-refractivity contribution in [1.29, 1.82) is 0 Å². The van der Waals surface area contributed by atoms with Crippen LogP contribution < -0.4 is 10.2 Å². The van der Waals surface area contributed by atoms with Crippen LogP contribution in [0.2, 0.25) is 0 Å². The van der Waals surface area contributed by atoms with Crippen molar-refractivity contribution in [1.82, 2.24) is 10.3 Å². The summed E-state index contributed by atoms with van der Waals surface area (Å²) in [6.07, 6.45) is 1.82. The normalized spacial score (nSPS) is 10.4. The van der Waals surface area contributed by atoms with E-state index < -0.39 is 0 Å². The van der Waals surface area contributed by atoms with Crippen molar-refractivity contribution >= 4 is 5.82 Å². The third kappa shape index (κ3) is 4.13. The third-order valence-electron chi connectivity index (χ3n) is 2.79. The number of nitrogens with zero attached hydrogens (tertiary/aromatic N) is 2. The van der Waals surface area contributed by atoms with E-state index in [4.69, 9.17) is 5.11 Å². The van der Waals surface area contributed by atoms with Crippen LogP contribution >= 0.6 is 0 Å². The Morgan fingerprint density at radius 1 is 1.50 bits per heavy atom. The molecular weight excluding hydrogens is 226 g/mol. The molecule has 0 saturated heterocycles. The van der Waals surface area contributed by atoms with Crippen LogP contribution in [-0.4, -0.2) is 36.3 Å². The number of aliphatic hydroxyl groups is 1. The molecule has 0 fully saturated rings. The van der Waals surface area contributed by atoms with Gasteiger partial charge >= 0.3 is 0 Å². The molecule has 4 heteroatoms. The van der Waals surface area contributed by atoms with Crippen LogP contribution in [-0.2, 0) is 6.54 Å². The lowest BCUT2D eigenvalue weighted by molar-refractivity contribution is 0.302. The molecule has 0 aliphatic carbocycles. The summed E-state index contributed by atoms with van der Waals surface area (Å²) < 4.78 is 0. The number of aliphatic hydroxyl groups excluding tert-OH is 1. The molecule has 1 heterocycles. The van der Waals surface area contributed by atoms with E-state index in [0.29, 0.717) is 13.1 Å². The van der Waals surface area contributed by atoms with Crippen molar-refractivity contribution in [3.63, 3.8) is 0 Å². The molecule has 0 aliphatic rings. The van der Waals surface area contributed by atoms with Gasteiger partial charge in [0, 0.05) is 25.3 Å². The highest BCUT2D eigenvalue weighted by Crippen LogP contribution is 2.14. The average molecular weight is 249 g/mol. The van der Waals surface area contributed by atoms with Gasteiger partial charge in [-0.1, -0.05) is 19.1 Å². The second-order valence-electron chi connectivity index (χ2n) is 4.15. The molecule has 0 bridgehead atoms. The van der Waals surface area contributed by atoms with Crippen molar-refractivity contribution in [2.75, 3.05) is 31.1 Å². The van der Waals surface area contributed by atoms with Gasteiger partial charge in [-0.25, -0.2) is 4.98 Å². The Kier molecular flexibility index (Phi) is 6.39. The molecule has 0 aliphatic heterocycles. The van der Waals surface area contributed by atoms with Crippen LogP contribution in [0.4, 0.5) is 5.82 Å². The van der Waals surface area contributed by atoms with Gasteiger partial charge in [0.1, 0.15) is 5.82 Å². The summed E-state index contributed by atoms with van der Waals surface area (Å²) in [5.41, 5.74) is 2.24. The zero-order valence-electron chi connectivity index (χ0n) is 11.3. The molecule has 18 heavy (non-hydrogen) atoms. The first-order valence-corrected chi connectivity index (χ1v) is 6.36. The van der Waals surface area contributed by atoms with E-state index in [1.165, 1.54) is 5.56 Å². The topological polar surface area (TPSA) is 48.4 Å². The fourth-order valence-corrected chi connectivity index (χ4v) is 1.78. The first-order valence-electron chi connectivity index (χ1n) is 6.36. The van der Waals surface area contributed by atoms with Gasteiger partial charge in [0.2, 0.25) is 0 Å². The number of anilines is 1. The van der Waals surface area contributed by atoms with Gasteiger partial charge in [-0.3, -0.25) is 0 Å². The fraction of sp³-hybridized carbons (Fsp3) is 0.500. The maximum absolute atomic E-state index is 9.05. The minimum Gasteiger partial charge on any atom is -0.395 e. The summed E-state index contributed by atoms with van der Waals surface area (Å²) in [5.74, 6) is 0.890. The van der Waals surface area contributed by atoms with Gasteiger partial charge in [-0.2, -0.15) is 0 Å². The monoisotopic (exact) mass is 249 g/mol. The van der Waals surface area contributed by atoms with Gasteiger partial charge in [0.25, 0.3) is 0 Å². The standard InChI is InChI=1S/C14H23N3O/c1-4-8-17(9-10-18)14-7-6-13(11-15-5-2)12(3)16-14/h4,6-7,15,18H,1,5,8-11H2,2-3H3. The summed E-state index contributed by atoms with van der Waals surface area (Å²) >= 11 is 0. The summed E-state index contributed by atoms with van der Waals surface area (Å²) in [5, 5.41) is 12.3. The smallest absolute Gasteiger partial charge is 0.129 e. The van der Waals surface area contributed by atoms with Crippen molar-refractivity contribution < 1.29 is 5.11 Å². The molecule has 0 spiro atoms. The van der Waals surface area contributed by atoms with E-state index in [2.05, 4.69) is 29.9 Å². The van der Waals surface area contributed by atoms with Crippen molar-refractivity contribution in [2.24, 2.45) is 0 Å². The van der Waals surface area contributed by atoms with Crippen LogP contribution in [0.15, 0.2) is 24.8 Å². The third-order valence-corrected chi connectivity index (χ3v) is 2.79. The quantitative estimate of drug-likeness (QED) is 0.685. The second-order valence-corrected chi connectivity index (χ2v) is 4.15. The highest BCUT2D eigenvalue weighted by molar-refractivity contribution is 5.42. The molecule has 0 aromatic carbocycles. The van der Waals surface area contributed by atoms with Crippen LogP contribution in [0.25, 0.3) is 0 Å². The maximum Gasteiger partial charge on any atom is 0.129 e. The summed E-state index contributed by atoms with van der Waals surface area (Å²) in [6.45, 7) is 11.0. The lowest BCUT2D eigenvalue weighted by Gasteiger charge is -2.22. The van der Waals surface area contributed by atoms with E-state index in [9.17, 15) is 0 Å². The predicted octanol–water partition coefficient (Wildman–Crippen LogP) is 1.48. The number of nitrogens with one attached hydrogen (secondary N) is 1. The largest absolute Gasteiger partial charge is 0.395 e. The second kappa shape index (κ2) is 7.84. The highest BCUT2D eigenvalue weighted by atomic mass is 16.3. The Morgan fingerprint density at radius 2 is 2.28 bits per heavy atom. The average Bonchev–Trinajstić information content (AvgIpc) is 2.37. The molecule has 100 valence electrons. The van der Waals surface area contributed by atoms with Gasteiger partial charge in [0.05, 0.1) is 6.61 Å². The van der Waals surface area contributed by atoms with E-state index in [-0.39, 0.29) is 6.61 Å². The molecule has 1 rings (SSSR count). The minimum atomic E-state index is 0.119. The molecule has 0 saturated carbocycles. The van der Waals surface area contributed by atoms with E-state index in [0.717, 1.165) is 24.6 Å². The number of hydrogen-bond donors (Lipinski definition) is 2.